The highest BCUT2D eigenvalue weighted by molar-refractivity contribution is 6.19. The van der Waals surface area contributed by atoms with Gasteiger partial charge in [-0.15, -0.1) is 0 Å². The molecule has 0 spiro atoms. The molecular weight excluding hydrogens is 312 g/mol. The summed E-state index contributed by atoms with van der Waals surface area (Å²) in [6.45, 7) is 0. The molecule has 1 saturated heterocycles. The highest BCUT2D eigenvalue weighted by Gasteiger charge is 2.39. The molecule has 0 radical (unpaired) electrons. The van der Waals surface area contributed by atoms with E-state index in [1.165, 1.54) is 0 Å². The zero-order valence-corrected chi connectivity index (χ0v) is 10.4. The normalized spacial score (nSPS) is 14.3. The maximum absolute atomic E-state index is 13.7. The zero-order valence-electron chi connectivity index (χ0n) is 10.4. The Morgan fingerprint density at radius 2 is 1.45 bits per heavy atom. The molecule has 2 rings (SSSR count). The average molecular weight is 316 g/mol. The summed E-state index contributed by atoms with van der Waals surface area (Å²) in [4.78, 5) is 36.4. The van der Waals surface area contributed by atoms with Gasteiger partial charge in [0, 0.05) is 17.8 Å². The molecule has 1 aromatic rings. The third-order valence-electron chi connectivity index (χ3n) is 2.85. The number of imide groups is 3. The minimum Gasteiger partial charge on any atom is -0.274 e. The largest absolute Gasteiger partial charge is 0.274 e. The standard InChI is InChI=1S/C11H4F4N4O3/c12-6-5(11(22)19-3(20)1-2-4(19)21)7(13)9(15)10(8(6)14)17-18-16/h1-2H2. The number of amides is 3. The van der Waals surface area contributed by atoms with Gasteiger partial charge >= 0.3 is 0 Å². The van der Waals surface area contributed by atoms with Gasteiger partial charge < -0.3 is 0 Å². The summed E-state index contributed by atoms with van der Waals surface area (Å²) >= 11 is 0. The van der Waals surface area contributed by atoms with Gasteiger partial charge in [-0.1, -0.05) is 5.11 Å². The first-order chi connectivity index (χ1) is 10.3. The van der Waals surface area contributed by atoms with Crippen molar-refractivity contribution in [1.29, 1.82) is 0 Å². The lowest BCUT2D eigenvalue weighted by molar-refractivity contribution is -0.135. The van der Waals surface area contributed by atoms with Gasteiger partial charge in [-0.05, 0) is 5.53 Å². The van der Waals surface area contributed by atoms with E-state index in [1.54, 1.807) is 0 Å². The number of likely N-dealkylation sites (tertiary alicyclic amines) is 1. The second kappa shape index (κ2) is 5.45. The van der Waals surface area contributed by atoms with Gasteiger partial charge in [-0.3, -0.25) is 14.4 Å². The molecule has 0 aliphatic carbocycles. The monoisotopic (exact) mass is 316 g/mol. The third-order valence-corrected chi connectivity index (χ3v) is 2.85. The lowest BCUT2D eigenvalue weighted by Gasteiger charge is -2.14. The highest BCUT2D eigenvalue weighted by Crippen LogP contribution is 2.31. The predicted octanol–water partition coefficient (Wildman–Crippen LogP) is 2.47. The van der Waals surface area contributed by atoms with Crippen LogP contribution < -0.4 is 0 Å². The summed E-state index contributed by atoms with van der Waals surface area (Å²) in [6, 6.07) is 0. The van der Waals surface area contributed by atoms with Gasteiger partial charge in [-0.25, -0.2) is 22.5 Å². The fraction of sp³-hybridized carbons (Fsp3) is 0.182. The number of rotatable bonds is 2. The molecule has 1 aliphatic rings. The molecule has 1 fully saturated rings. The van der Waals surface area contributed by atoms with E-state index in [0.717, 1.165) is 0 Å². The van der Waals surface area contributed by atoms with Crippen molar-refractivity contribution in [3.05, 3.63) is 39.3 Å². The van der Waals surface area contributed by atoms with Crippen LogP contribution in [-0.2, 0) is 9.59 Å². The van der Waals surface area contributed by atoms with Gasteiger partial charge in [0.15, 0.2) is 23.3 Å². The van der Waals surface area contributed by atoms with Gasteiger partial charge in [0.25, 0.3) is 5.91 Å². The summed E-state index contributed by atoms with van der Waals surface area (Å²) in [5, 5.41) is 2.45. The van der Waals surface area contributed by atoms with Crippen LogP contribution in [0, 0.1) is 23.3 Å². The van der Waals surface area contributed by atoms with E-state index in [-0.39, 0.29) is 17.7 Å². The molecule has 1 heterocycles. The first kappa shape index (κ1) is 15.4. The van der Waals surface area contributed by atoms with E-state index < -0.39 is 52.2 Å². The Kier molecular flexibility index (Phi) is 3.83. The molecule has 22 heavy (non-hydrogen) atoms. The van der Waals surface area contributed by atoms with Gasteiger partial charge in [-0.2, -0.15) is 0 Å². The Morgan fingerprint density at radius 1 is 1.00 bits per heavy atom. The zero-order chi connectivity index (χ0) is 16.6. The summed E-state index contributed by atoms with van der Waals surface area (Å²) < 4.78 is 54.6. The van der Waals surface area contributed by atoms with Crippen LogP contribution >= 0.6 is 0 Å². The summed E-state index contributed by atoms with van der Waals surface area (Å²) in [6.07, 6.45) is -0.731. The van der Waals surface area contributed by atoms with Crippen molar-refractivity contribution in [1.82, 2.24) is 4.90 Å². The fourth-order valence-corrected chi connectivity index (χ4v) is 1.86. The number of benzene rings is 1. The second-order valence-corrected chi connectivity index (χ2v) is 4.10. The van der Waals surface area contributed by atoms with E-state index in [4.69, 9.17) is 5.53 Å². The molecule has 0 aromatic heterocycles. The minimum absolute atomic E-state index is 0.0897. The van der Waals surface area contributed by atoms with Gasteiger partial charge in [0.2, 0.25) is 11.8 Å². The first-order valence-corrected chi connectivity index (χ1v) is 5.62. The highest BCUT2D eigenvalue weighted by atomic mass is 19.2. The number of carbonyl (C=O) groups is 3. The third kappa shape index (κ3) is 2.17. The molecule has 11 heteroatoms. The van der Waals surface area contributed by atoms with Crippen LogP contribution in [0.5, 0.6) is 0 Å². The second-order valence-electron chi connectivity index (χ2n) is 4.10. The van der Waals surface area contributed by atoms with E-state index in [2.05, 4.69) is 5.11 Å². The molecule has 1 aromatic carbocycles. The first-order valence-electron chi connectivity index (χ1n) is 5.62. The number of carbonyl (C=O) groups excluding carboxylic acids is 3. The van der Waals surface area contributed by atoms with Crippen molar-refractivity contribution in [2.45, 2.75) is 12.8 Å². The van der Waals surface area contributed by atoms with Crippen LogP contribution in [0.1, 0.15) is 23.2 Å². The smallest absolute Gasteiger partial charge is 0.273 e. The molecule has 0 bridgehead atoms. The van der Waals surface area contributed by atoms with Crippen LogP contribution in [-0.4, -0.2) is 22.6 Å². The lowest BCUT2D eigenvalue weighted by Crippen LogP contribution is -2.37. The number of halogens is 4. The van der Waals surface area contributed by atoms with Crippen molar-refractivity contribution >= 4 is 23.4 Å². The summed E-state index contributed by atoms with van der Waals surface area (Å²) in [5.74, 6) is -12.5. The molecule has 7 nitrogen and oxygen atoms in total. The minimum atomic E-state index is -2.17. The SMILES string of the molecule is [N-]=[N+]=Nc1c(F)c(F)c(C(=O)N2C(=O)CCC2=O)c(F)c1F. The van der Waals surface area contributed by atoms with Crippen LogP contribution in [0.25, 0.3) is 10.4 Å². The number of hydrogen-bond acceptors (Lipinski definition) is 4. The van der Waals surface area contributed by atoms with Crippen LogP contribution in [0.2, 0.25) is 0 Å². The molecule has 0 N–H and O–H groups in total. The van der Waals surface area contributed by atoms with Crippen LogP contribution in [0.3, 0.4) is 0 Å². The summed E-state index contributed by atoms with van der Waals surface area (Å²) in [5.41, 5.74) is 4.73. The molecular formula is C11H4F4N4O3. The molecule has 0 atom stereocenters. The Morgan fingerprint density at radius 3 is 1.86 bits per heavy atom. The lowest BCUT2D eigenvalue weighted by atomic mass is 10.1. The molecule has 3 amide bonds. The molecule has 0 saturated carbocycles. The maximum Gasteiger partial charge on any atom is 0.273 e. The maximum atomic E-state index is 13.7. The Bertz CT molecular complexity index is 728. The average Bonchev–Trinajstić information content (AvgIpc) is 2.80. The molecule has 1 aliphatic heterocycles. The van der Waals surface area contributed by atoms with Crippen molar-refractivity contribution in [3.63, 3.8) is 0 Å². The number of nitrogens with zero attached hydrogens (tertiary/aromatic N) is 4. The van der Waals surface area contributed by atoms with E-state index in [0.29, 0.717) is 0 Å². The van der Waals surface area contributed by atoms with E-state index in [9.17, 15) is 31.9 Å². The van der Waals surface area contributed by atoms with Gasteiger partial charge in [0.1, 0.15) is 11.3 Å². The van der Waals surface area contributed by atoms with Crippen molar-refractivity contribution in [2.75, 3.05) is 0 Å². The van der Waals surface area contributed by atoms with E-state index >= 15 is 0 Å². The van der Waals surface area contributed by atoms with Crippen molar-refractivity contribution < 1.29 is 31.9 Å². The van der Waals surface area contributed by atoms with Crippen molar-refractivity contribution in [3.8, 4) is 0 Å². The quantitative estimate of drug-likeness (QED) is 0.209. The summed E-state index contributed by atoms with van der Waals surface area (Å²) in [7, 11) is 0. The van der Waals surface area contributed by atoms with Gasteiger partial charge in [0.05, 0.1) is 0 Å². The van der Waals surface area contributed by atoms with Crippen LogP contribution in [0.15, 0.2) is 5.11 Å². The Labute approximate surface area is 118 Å². The van der Waals surface area contributed by atoms with E-state index in [1.807, 2.05) is 4.91 Å². The molecule has 114 valence electrons. The van der Waals surface area contributed by atoms with Crippen LogP contribution in [0.4, 0.5) is 23.2 Å². The fourth-order valence-electron chi connectivity index (χ4n) is 1.86. The topological polar surface area (TPSA) is 103 Å². The predicted molar refractivity (Wildman–Crippen MR) is 60.5 cm³/mol. The van der Waals surface area contributed by atoms with Crippen molar-refractivity contribution in [2.24, 2.45) is 5.11 Å². The molecule has 0 unspecified atom stereocenters. The Balaban J connectivity index is 2.67. The number of azide groups is 1. The Hall–Kier alpha value is -2.94. The number of hydrogen-bond donors (Lipinski definition) is 0.